The molecule has 3 aliphatic carbocycles. The summed E-state index contributed by atoms with van der Waals surface area (Å²) in [5.74, 6) is -0.837. The van der Waals surface area contributed by atoms with Crippen LogP contribution >= 0.6 is 0 Å². The lowest BCUT2D eigenvalue weighted by Gasteiger charge is -2.45. The Labute approximate surface area is 162 Å². The summed E-state index contributed by atoms with van der Waals surface area (Å²) in [5.41, 5.74) is 5.55. The summed E-state index contributed by atoms with van der Waals surface area (Å²) >= 11 is 0. The van der Waals surface area contributed by atoms with Gasteiger partial charge in [0, 0.05) is 18.0 Å². The Morgan fingerprint density at radius 3 is 1.57 bits per heavy atom. The summed E-state index contributed by atoms with van der Waals surface area (Å²) in [5, 5.41) is 0. The molecule has 2 aromatic carbocycles. The van der Waals surface area contributed by atoms with E-state index in [0.717, 1.165) is 5.69 Å². The van der Waals surface area contributed by atoms with Crippen molar-refractivity contribution in [3.05, 3.63) is 101 Å². The Bertz CT molecular complexity index is 1010. The van der Waals surface area contributed by atoms with E-state index in [9.17, 15) is 9.59 Å². The standard InChI is InChI=1S/C24H18N2O2/c27-23-21-19-15-8-1-2-9-16(15)20(18-11-4-3-10-17(18)19)22(21)24(28)26(23)13-14-7-5-6-12-25-14/h1-12,19-22H,13H2/t19?,20?,21-,22+. The zero-order valence-electron chi connectivity index (χ0n) is 15.2. The van der Waals surface area contributed by atoms with E-state index in [-0.39, 0.29) is 42.0 Å². The predicted octanol–water partition coefficient (Wildman–Crippen LogP) is 3.47. The average Bonchev–Trinajstić information content (AvgIpc) is 3.00. The van der Waals surface area contributed by atoms with E-state index >= 15 is 0 Å². The van der Waals surface area contributed by atoms with Crippen LogP contribution < -0.4 is 0 Å². The Morgan fingerprint density at radius 1 is 0.679 bits per heavy atom. The molecule has 2 amide bonds. The van der Waals surface area contributed by atoms with Crippen LogP contribution in [0.1, 0.15) is 39.8 Å². The van der Waals surface area contributed by atoms with Crippen molar-refractivity contribution in [1.29, 1.82) is 0 Å². The van der Waals surface area contributed by atoms with Gasteiger partial charge in [0.05, 0.1) is 24.1 Å². The number of likely N-dealkylation sites (tertiary alicyclic amines) is 1. The molecule has 2 atom stereocenters. The molecule has 1 aromatic heterocycles. The number of imide groups is 1. The van der Waals surface area contributed by atoms with Crippen LogP contribution in [0.25, 0.3) is 0 Å². The van der Waals surface area contributed by atoms with Crippen LogP contribution in [0, 0.1) is 11.8 Å². The van der Waals surface area contributed by atoms with Crippen LogP contribution in [0.2, 0.25) is 0 Å². The van der Waals surface area contributed by atoms with E-state index < -0.39 is 0 Å². The molecule has 4 aliphatic rings. The number of pyridine rings is 1. The van der Waals surface area contributed by atoms with E-state index in [1.165, 1.54) is 27.2 Å². The van der Waals surface area contributed by atoms with Crippen molar-refractivity contribution in [3.63, 3.8) is 0 Å². The fourth-order valence-corrected chi connectivity index (χ4v) is 5.55. The maximum absolute atomic E-state index is 13.4. The van der Waals surface area contributed by atoms with Gasteiger partial charge in [-0.25, -0.2) is 0 Å². The third kappa shape index (κ3) is 1.92. The number of hydrogen-bond acceptors (Lipinski definition) is 3. The predicted molar refractivity (Wildman–Crippen MR) is 103 cm³/mol. The molecule has 1 saturated heterocycles. The fourth-order valence-electron chi connectivity index (χ4n) is 5.55. The molecule has 2 heterocycles. The molecule has 4 nitrogen and oxygen atoms in total. The largest absolute Gasteiger partial charge is 0.276 e. The lowest BCUT2D eigenvalue weighted by atomic mass is 9.55. The highest BCUT2D eigenvalue weighted by atomic mass is 16.2. The van der Waals surface area contributed by atoms with Gasteiger partial charge in [0.15, 0.2) is 0 Å². The Kier molecular flexibility index (Phi) is 3.16. The first-order valence-corrected chi connectivity index (χ1v) is 9.68. The topological polar surface area (TPSA) is 50.3 Å². The van der Waals surface area contributed by atoms with E-state index in [1.807, 2.05) is 42.5 Å². The number of rotatable bonds is 2. The van der Waals surface area contributed by atoms with Crippen LogP contribution in [-0.2, 0) is 16.1 Å². The highest BCUT2D eigenvalue weighted by molar-refractivity contribution is 6.07. The average molecular weight is 366 g/mol. The zero-order valence-corrected chi connectivity index (χ0v) is 15.2. The van der Waals surface area contributed by atoms with Crippen LogP contribution in [0.3, 0.4) is 0 Å². The SMILES string of the molecule is O=C1[C@@H]2C3c4ccccc4C(c4ccccc43)[C@@H]2C(=O)N1Cc1ccccn1. The normalized spacial score (nSPS) is 26.8. The van der Waals surface area contributed by atoms with Crippen molar-refractivity contribution in [2.45, 2.75) is 18.4 Å². The molecule has 4 heteroatoms. The van der Waals surface area contributed by atoms with Gasteiger partial charge in [0.1, 0.15) is 0 Å². The number of carbonyl (C=O) groups is 2. The van der Waals surface area contributed by atoms with Crippen LogP contribution in [0.4, 0.5) is 0 Å². The van der Waals surface area contributed by atoms with Crippen molar-refractivity contribution < 1.29 is 9.59 Å². The third-order valence-electron chi connectivity index (χ3n) is 6.59. The van der Waals surface area contributed by atoms with Gasteiger partial charge in [-0.05, 0) is 34.4 Å². The van der Waals surface area contributed by atoms with Crippen molar-refractivity contribution in [2.75, 3.05) is 0 Å². The first-order chi connectivity index (χ1) is 13.8. The summed E-state index contributed by atoms with van der Waals surface area (Å²) in [6, 6.07) is 22.2. The molecule has 3 aromatic rings. The maximum Gasteiger partial charge on any atom is 0.234 e. The molecule has 0 unspecified atom stereocenters. The summed E-state index contributed by atoms with van der Waals surface area (Å²) in [6.45, 7) is 0.248. The lowest BCUT2D eigenvalue weighted by Crippen LogP contribution is -2.41. The summed E-state index contributed by atoms with van der Waals surface area (Å²) < 4.78 is 0. The molecule has 0 radical (unpaired) electrons. The number of nitrogens with zero attached hydrogens (tertiary/aromatic N) is 2. The first-order valence-electron chi connectivity index (χ1n) is 9.68. The minimum atomic E-state index is -0.314. The highest BCUT2D eigenvalue weighted by Gasteiger charge is 2.61. The second kappa shape index (κ2) is 5.61. The minimum absolute atomic E-state index is 0.0485. The minimum Gasteiger partial charge on any atom is -0.276 e. The first kappa shape index (κ1) is 15.8. The lowest BCUT2D eigenvalue weighted by molar-refractivity contribution is -0.140. The molecular formula is C24H18N2O2. The van der Waals surface area contributed by atoms with Crippen molar-refractivity contribution in [1.82, 2.24) is 9.88 Å². The van der Waals surface area contributed by atoms with Gasteiger partial charge in [-0.2, -0.15) is 0 Å². The van der Waals surface area contributed by atoms with Crippen LogP contribution in [0.15, 0.2) is 72.9 Å². The van der Waals surface area contributed by atoms with Gasteiger partial charge in [-0.3, -0.25) is 19.5 Å². The van der Waals surface area contributed by atoms with Gasteiger partial charge >= 0.3 is 0 Å². The zero-order chi connectivity index (χ0) is 18.8. The Hall–Kier alpha value is -3.27. The second-order valence-corrected chi connectivity index (χ2v) is 7.85. The van der Waals surface area contributed by atoms with Crippen molar-refractivity contribution >= 4 is 11.8 Å². The fraction of sp³-hybridized carbons (Fsp3) is 0.208. The number of benzene rings is 2. The number of hydrogen-bond donors (Lipinski definition) is 0. The molecular weight excluding hydrogens is 348 g/mol. The van der Waals surface area contributed by atoms with Crippen LogP contribution in [-0.4, -0.2) is 21.7 Å². The van der Waals surface area contributed by atoms with Gasteiger partial charge in [-0.15, -0.1) is 0 Å². The van der Waals surface area contributed by atoms with E-state index in [0.29, 0.717) is 0 Å². The molecule has 0 N–H and O–H groups in total. The summed E-state index contributed by atoms with van der Waals surface area (Å²) in [4.78, 5) is 32.6. The van der Waals surface area contributed by atoms with Gasteiger partial charge < -0.3 is 0 Å². The molecule has 0 saturated carbocycles. The molecule has 1 fully saturated rings. The molecule has 0 spiro atoms. The van der Waals surface area contributed by atoms with Gasteiger partial charge in [0.25, 0.3) is 0 Å². The smallest absolute Gasteiger partial charge is 0.234 e. The van der Waals surface area contributed by atoms with Gasteiger partial charge in [0.2, 0.25) is 11.8 Å². The van der Waals surface area contributed by atoms with Crippen LogP contribution in [0.5, 0.6) is 0 Å². The molecule has 28 heavy (non-hydrogen) atoms. The quantitative estimate of drug-likeness (QED) is 0.653. The highest BCUT2D eigenvalue weighted by Crippen LogP contribution is 2.60. The van der Waals surface area contributed by atoms with Crippen molar-refractivity contribution in [3.8, 4) is 0 Å². The molecule has 7 rings (SSSR count). The number of amides is 2. The van der Waals surface area contributed by atoms with E-state index in [2.05, 4.69) is 29.2 Å². The summed E-state index contributed by atoms with van der Waals surface area (Å²) in [6.07, 6.45) is 1.70. The van der Waals surface area contributed by atoms with E-state index in [4.69, 9.17) is 0 Å². The Balaban J connectivity index is 1.50. The maximum atomic E-state index is 13.4. The monoisotopic (exact) mass is 366 g/mol. The van der Waals surface area contributed by atoms with Crippen molar-refractivity contribution in [2.24, 2.45) is 11.8 Å². The molecule has 2 bridgehead atoms. The second-order valence-electron chi connectivity index (χ2n) is 7.85. The number of carbonyl (C=O) groups excluding carboxylic acids is 2. The Morgan fingerprint density at radius 2 is 1.14 bits per heavy atom. The molecule has 1 aliphatic heterocycles. The number of aromatic nitrogens is 1. The van der Waals surface area contributed by atoms with Gasteiger partial charge in [-0.1, -0.05) is 54.6 Å². The van der Waals surface area contributed by atoms with E-state index in [1.54, 1.807) is 6.20 Å². The third-order valence-corrected chi connectivity index (χ3v) is 6.59. The summed E-state index contributed by atoms with van der Waals surface area (Å²) in [7, 11) is 0. The molecule has 136 valence electrons.